The molecule has 0 saturated carbocycles. The summed E-state index contributed by atoms with van der Waals surface area (Å²) < 4.78 is 0. The highest BCUT2D eigenvalue weighted by Crippen LogP contribution is 2.73. The van der Waals surface area contributed by atoms with Crippen LogP contribution in [0.1, 0.15) is 12.5 Å². The highest BCUT2D eigenvalue weighted by Gasteiger charge is 2.32. The molecule has 0 heterocycles. The Bertz CT molecular complexity index is 895. The van der Waals surface area contributed by atoms with Crippen LogP contribution in [0.2, 0.25) is 0 Å². The van der Waals surface area contributed by atoms with Crippen molar-refractivity contribution in [3.63, 3.8) is 0 Å². The van der Waals surface area contributed by atoms with E-state index in [4.69, 9.17) is 0 Å². The summed E-state index contributed by atoms with van der Waals surface area (Å²) in [6.45, 7) is 2.23. The number of aryl methyl sites for hydroxylation is 1. The first-order valence-corrected chi connectivity index (χ1v) is 11.1. The zero-order chi connectivity index (χ0) is 18.5. The molecule has 0 bridgehead atoms. The summed E-state index contributed by atoms with van der Waals surface area (Å²) in [7, 11) is -1.54. The minimum absolute atomic E-state index is 1.04. The average molecular weight is 369 g/mol. The summed E-state index contributed by atoms with van der Waals surface area (Å²) in [4.78, 5) is 5.51. The van der Waals surface area contributed by atoms with E-state index < -0.39 is 10.0 Å². The van der Waals surface area contributed by atoms with Crippen molar-refractivity contribution in [2.24, 2.45) is 0 Å². The Labute approximate surface area is 163 Å². The van der Waals surface area contributed by atoms with Crippen molar-refractivity contribution in [2.75, 3.05) is 0 Å². The number of benzene rings is 4. The normalized spacial score (nSPS) is 11.9. The maximum absolute atomic E-state index is 2.41. The van der Waals surface area contributed by atoms with Gasteiger partial charge in [-0.25, -0.2) is 0 Å². The monoisotopic (exact) mass is 368 g/mol. The van der Waals surface area contributed by atoms with Gasteiger partial charge in [0.1, 0.15) is 0 Å². The number of hydrogen-bond donors (Lipinski definition) is 0. The molecule has 0 aromatic heterocycles. The van der Waals surface area contributed by atoms with Gasteiger partial charge in [0.25, 0.3) is 0 Å². The van der Waals surface area contributed by atoms with Gasteiger partial charge >= 0.3 is 0 Å². The summed E-state index contributed by atoms with van der Waals surface area (Å²) in [5.41, 5.74) is 1.38. The summed E-state index contributed by atoms with van der Waals surface area (Å²) >= 11 is 0. The van der Waals surface area contributed by atoms with Crippen molar-refractivity contribution in [3.05, 3.63) is 121 Å². The van der Waals surface area contributed by atoms with Crippen molar-refractivity contribution in [1.29, 1.82) is 0 Å². The lowest BCUT2D eigenvalue weighted by Gasteiger charge is -2.42. The van der Waals surface area contributed by atoms with E-state index in [2.05, 4.69) is 122 Å². The zero-order valence-corrected chi connectivity index (χ0v) is 16.4. The van der Waals surface area contributed by atoms with Crippen LogP contribution < -0.4 is 0 Å². The molecule has 134 valence electrons. The van der Waals surface area contributed by atoms with Crippen molar-refractivity contribution in [3.8, 4) is 0 Å². The van der Waals surface area contributed by atoms with Crippen molar-refractivity contribution >= 4 is 10.0 Å². The fourth-order valence-corrected chi connectivity index (χ4v) is 7.59. The van der Waals surface area contributed by atoms with E-state index in [0.717, 1.165) is 6.42 Å². The topological polar surface area (TPSA) is 0 Å². The number of hydrogen-bond acceptors (Lipinski definition) is 0. The first kappa shape index (κ1) is 17.6. The largest absolute Gasteiger partial charge is 0.133 e. The molecule has 1 heteroatoms. The molecule has 0 aliphatic rings. The molecule has 0 nitrogen and oxygen atoms in total. The van der Waals surface area contributed by atoms with Crippen LogP contribution >= 0.6 is 10.0 Å². The SMILES string of the molecule is CCc1cccc(S(c2ccccc2)(c2ccccc2)c2ccccc2)c1. The molecule has 0 radical (unpaired) electrons. The molecule has 0 atom stereocenters. The smallest absolute Gasteiger partial charge is 0.00256 e. The Morgan fingerprint density at radius 2 is 0.889 bits per heavy atom. The summed E-state index contributed by atoms with van der Waals surface area (Å²) in [5, 5.41) is 0. The Hall–Kier alpha value is -2.77. The van der Waals surface area contributed by atoms with Crippen LogP contribution in [0.4, 0.5) is 0 Å². The van der Waals surface area contributed by atoms with Gasteiger partial charge in [0.15, 0.2) is 0 Å². The Balaban J connectivity index is 2.12. The molecule has 4 aromatic rings. The van der Waals surface area contributed by atoms with E-state index in [1.165, 1.54) is 25.1 Å². The fraction of sp³-hybridized carbons (Fsp3) is 0.0769. The molecule has 0 unspecified atom stereocenters. The Kier molecular flexibility index (Phi) is 5.13. The van der Waals surface area contributed by atoms with Crippen molar-refractivity contribution < 1.29 is 0 Å². The van der Waals surface area contributed by atoms with Gasteiger partial charge in [0, 0.05) is 19.6 Å². The number of rotatable bonds is 5. The first-order chi connectivity index (χ1) is 13.4. The van der Waals surface area contributed by atoms with E-state index in [1.54, 1.807) is 0 Å². The lowest BCUT2D eigenvalue weighted by molar-refractivity contribution is 1.11. The van der Waals surface area contributed by atoms with Gasteiger partial charge in [-0.3, -0.25) is 0 Å². The molecule has 27 heavy (non-hydrogen) atoms. The Morgan fingerprint density at radius 1 is 0.481 bits per heavy atom. The van der Waals surface area contributed by atoms with E-state index in [9.17, 15) is 0 Å². The van der Waals surface area contributed by atoms with Crippen LogP contribution in [0.5, 0.6) is 0 Å². The van der Waals surface area contributed by atoms with E-state index >= 15 is 0 Å². The molecule has 0 spiro atoms. The highest BCUT2D eigenvalue weighted by atomic mass is 32.3. The van der Waals surface area contributed by atoms with Gasteiger partial charge in [-0.2, -0.15) is 0 Å². The first-order valence-electron chi connectivity index (χ1n) is 9.43. The third-order valence-electron chi connectivity index (χ3n) is 4.95. The predicted octanol–water partition coefficient (Wildman–Crippen LogP) is 7.59. The minimum Gasteiger partial charge on any atom is -0.133 e. The van der Waals surface area contributed by atoms with Gasteiger partial charge in [0.2, 0.25) is 0 Å². The van der Waals surface area contributed by atoms with E-state index in [0.29, 0.717) is 0 Å². The fourth-order valence-electron chi connectivity index (χ4n) is 3.65. The van der Waals surface area contributed by atoms with Crippen LogP contribution in [0.15, 0.2) is 135 Å². The maximum atomic E-state index is 2.41. The molecular weight excluding hydrogens is 344 g/mol. The Morgan fingerprint density at radius 3 is 1.30 bits per heavy atom. The van der Waals surface area contributed by atoms with E-state index in [-0.39, 0.29) is 0 Å². The molecule has 4 rings (SSSR count). The third-order valence-corrected chi connectivity index (χ3v) is 8.85. The average Bonchev–Trinajstić information content (AvgIpc) is 2.77. The second-order valence-corrected chi connectivity index (χ2v) is 9.66. The third kappa shape index (κ3) is 3.20. The maximum Gasteiger partial charge on any atom is 0.00256 e. The predicted molar refractivity (Wildman–Crippen MR) is 116 cm³/mol. The molecule has 0 aliphatic heterocycles. The van der Waals surface area contributed by atoms with Gasteiger partial charge in [-0.05, 0) is 60.5 Å². The molecule has 0 N–H and O–H groups in total. The van der Waals surface area contributed by atoms with Gasteiger partial charge in [0.05, 0.1) is 0 Å². The standard InChI is InChI=1S/C26H24S/c1-2-22-13-12-20-26(21-22)27(23-14-6-3-7-15-23,24-16-8-4-9-17-24)25-18-10-5-11-19-25/h3-21H,2H2,1H3. The van der Waals surface area contributed by atoms with Crippen molar-refractivity contribution in [1.82, 2.24) is 0 Å². The lowest BCUT2D eigenvalue weighted by atomic mass is 10.2. The summed E-state index contributed by atoms with van der Waals surface area (Å²) in [6, 6.07) is 42.1. The van der Waals surface area contributed by atoms with Crippen LogP contribution in [-0.2, 0) is 6.42 Å². The molecule has 0 aliphatic carbocycles. The summed E-state index contributed by atoms with van der Waals surface area (Å²) in [5.74, 6) is 0. The molecule has 0 saturated heterocycles. The van der Waals surface area contributed by atoms with E-state index in [1.807, 2.05) is 0 Å². The van der Waals surface area contributed by atoms with Crippen LogP contribution in [0.25, 0.3) is 0 Å². The zero-order valence-electron chi connectivity index (χ0n) is 15.6. The van der Waals surface area contributed by atoms with Gasteiger partial charge in [-0.15, -0.1) is 10.0 Å². The highest BCUT2D eigenvalue weighted by molar-refractivity contribution is 8.34. The van der Waals surface area contributed by atoms with Gasteiger partial charge in [-0.1, -0.05) is 73.7 Å². The van der Waals surface area contributed by atoms with Crippen LogP contribution in [0.3, 0.4) is 0 Å². The second-order valence-electron chi connectivity index (χ2n) is 6.55. The quantitative estimate of drug-likeness (QED) is 0.340. The van der Waals surface area contributed by atoms with Crippen LogP contribution in [-0.4, -0.2) is 0 Å². The molecular formula is C26H24S. The van der Waals surface area contributed by atoms with Gasteiger partial charge < -0.3 is 0 Å². The van der Waals surface area contributed by atoms with Crippen LogP contribution in [0, 0.1) is 0 Å². The molecule has 0 fully saturated rings. The second kappa shape index (κ2) is 7.85. The summed E-state index contributed by atoms with van der Waals surface area (Å²) in [6.07, 6.45) is 1.04. The molecule has 4 aromatic carbocycles. The molecule has 0 amide bonds. The lowest BCUT2D eigenvalue weighted by Crippen LogP contribution is -2.05. The van der Waals surface area contributed by atoms with Crippen molar-refractivity contribution in [2.45, 2.75) is 32.9 Å². The minimum atomic E-state index is -1.54.